The molecule has 0 saturated heterocycles. The van der Waals surface area contributed by atoms with Crippen molar-refractivity contribution in [2.75, 3.05) is 26.4 Å². The summed E-state index contributed by atoms with van der Waals surface area (Å²) in [6, 6.07) is 3.24. The van der Waals surface area contributed by atoms with Gasteiger partial charge in [-0.3, -0.25) is 0 Å². The fraction of sp³-hybridized carbons (Fsp3) is 0.533. The Kier molecular flexibility index (Phi) is 6.70. The molecule has 0 bridgehead atoms. The SMILES string of the molecule is CCOC(=O)c1cc(OCC)c(OCC)c(OCC)c1. The fourth-order valence-electron chi connectivity index (χ4n) is 1.72. The number of esters is 1. The summed E-state index contributed by atoms with van der Waals surface area (Å²) < 4.78 is 21.6. The first kappa shape index (κ1) is 16.1. The highest BCUT2D eigenvalue weighted by Gasteiger charge is 2.18. The standard InChI is InChI=1S/C15H22O5/c1-5-17-12-9-11(15(16)20-8-4)10-13(18-6-2)14(12)19-7-3/h9-10H,5-8H2,1-4H3. The van der Waals surface area contributed by atoms with Gasteiger partial charge in [0.25, 0.3) is 0 Å². The average molecular weight is 282 g/mol. The molecule has 1 aromatic carbocycles. The molecule has 0 amide bonds. The second-order valence-electron chi connectivity index (χ2n) is 3.82. The average Bonchev–Trinajstić information content (AvgIpc) is 2.43. The molecule has 0 aliphatic carbocycles. The lowest BCUT2D eigenvalue weighted by Crippen LogP contribution is -2.08. The first-order valence-electron chi connectivity index (χ1n) is 6.91. The van der Waals surface area contributed by atoms with Crippen LogP contribution in [-0.4, -0.2) is 32.4 Å². The van der Waals surface area contributed by atoms with E-state index in [0.717, 1.165) is 0 Å². The first-order valence-corrected chi connectivity index (χ1v) is 6.91. The van der Waals surface area contributed by atoms with Gasteiger partial charge in [0.05, 0.1) is 32.0 Å². The van der Waals surface area contributed by atoms with E-state index in [-0.39, 0.29) is 0 Å². The largest absolute Gasteiger partial charge is 0.490 e. The maximum absolute atomic E-state index is 11.9. The third-order valence-corrected chi connectivity index (χ3v) is 2.42. The second kappa shape index (κ2) is 8.30. The maximum Gasteiger partial charge on any atom is 0.338 e. The molecule has 20 heavy (non-hydrogen) atoms. The number of hydrogen-bond acceptors (Lipinski definition) is 5. The van der Waals surface area contributed by atoms with Gasteiger partial charge in [0.15, 0.2) is 11.5 Å². The molecule has 0 heterocycles. The van der Waals surface area contributed by atoms with Crippen LogP contribution < -0.4 is 14.2 Å². The summed E-state index contributed by atoms with van der Waals surface area (Å²) in [4.78, 5) is 11.9. The quantitative estimate of drug-likeness (QED) is 0.686. The van der Waals surface area contributed by atoms with E-state index in [1.165, 1.54) is 0 Å². The fourth-order valence-corrected chi connectivity index (χ4v) is 1.72. The highest BCUT2D eigenvalue weighted by molar-refractivity contribution is 5.91. The zero-order valence-corrected chi connectivity index (χ0v) is 12.5. The number of benzene rings is 1. The maximum atomic E-state index is 11.9. The minimum atomic E-state index is -0.405. The predicted octanol–water partition coefficient (Wildman–Crippen LogP) is 3.06. The highest BCUT2D eigenvalue weighted by Crippen LogP contribution is 2.39. The van der Waals surface area contributed by atoms with E-state index in [0.29, 0.717) is 49.2 Å². The second-order valence-corrected chi connectivity index (χ2v) is 3.82. The van der Waals surface area contributed by atoms with Crippen molar-refractivity contribution in [2.45, 2.75) is 27.7 Å². The van der Waals surface area contributed by atoms with E-state index in [1.54, 1.807) is 19.1 Å². The Morgan fingerprint density at radius 2 is 1.35 bits per heavy atom. The molecule has 0 atom stereocenters. The number of ether oxygens (including phenoxy) is 4. The summed E-state index contributed by atoms with van der Waals surface area (Å²) in [5, 5.41) is 0. The Bertz CT molecular complexity index is 415. The lowest BCUT2D eigenvalue weighted by molar-refractivity contribution is 0.0525. The Morgan fingerprint density at radius 1 is 0.850 bits per heavy atom. The van der Waals surface area contributed by atoms with Gasteiger partial charge in [-0.25, -0.2) is 4.79 Å². The summed E-state index contributed by atoms with van der Waals surface area (Å²) >= 11 is 0. The Balaban J connectivity index is 3.25. The molecular weight excluding hydrogens is 260 g/mol. The normalized spacial score (nSPS) is 10.0. The lowest BCUT2D eigenvalue weighted by Gasteiger charge is -2.16. The van der Waals surface area contributed by atoms with Crippen LogP contribution in [0.3, 0.4) is 0 Å². The van der Waals surface area contributed by atoms with E-state index < -0.39 is 5.97 Å². The van der Waals surface area contributed by atoms with E-state index >= 15 is 0 Å². The van der Waals surface area contributed by atoms with Crippen LogP contribution in [0, 0.1) is 0 Å². The molecular formula is C15H22O5. The van der Waals surface area contributed by atoms with Gasteiger partial charge in [-0.15, -0.1) is 0 Å². The van der Waals surface area contributed by atoms with Gasteiger partial charge in [0.1, 0.15) is 0 Å². The monoisotopic (exact) mass is 282 g/mol. The van der Waals surface area contributed by atoms with Crippen LogP contribution >= 0.6 is 0 Å². The van der Waals surface area contributed by atoms with Crippen molar-refractivity contribution in [1.82, 2.24) is 0 Å². The molecule has 112 valence electrons. The van der Waals surface area contributed by atoms with E-state index in [9.17, 15) is 4.79 Å². The summed E-state index contributed by atoms with van der Waals surface area (Å²) in [7, 11) is 0. The first-order chi connectivity index (χ1) is 9.67. The Hall–Kier alpha value is -1.91. The summed E-state index contributed by atoms with van der Waals surface area (Å²) in [6.07, 6.45) is 0. The van der Waals surface area contributed by atoms with Crippen LogP contribution in [0.2, 0.25) is 0 Å². The molecule has 0 aromatic heterocycles. The smallest absolute Gasteiger partial charge is 0.338 e. The van der Waals surface area contributed by atoms with Crippen LogP contribution in [0.25, 0.3) is 0 Å². The van der Waals surface area contributed by atoms with Gasteiger partial charge < -0.3 is 18.9 Å². The molecule has 0 unspecified atom stereocenters. The zero-order chi connectivity index (χ0) is 15.0. The van der Waals surface area contributed by atoms with E-state index in [4.69, 9.17) is 18.9 Å². The summed E-state index contributed by atoms with van der Waals surface area (Å²) in [5.41, 5.74) is 0.391. The number of carbonyl (C=O) groups is 1. The number of hydrogen-bond donors (Lipinski definition) is 0. The lowest BCUT2D eigenvalue weighted by atomic mass is 10.2. The van der Waals surface area contributed by atoms with Crippen LogP contribution in [0.15, 0.2) is 12.1 Å². The Labute approximate surface area is 119 Å². The highest BCUT2D eigenvalue weighted by atomic mass is 16.5. The van der Waals surface area contributed by atoms with Gasteiger partial charge in [-0.1, -0.05) is 0 Å². The van der Waals surface area contributed by atoms with Crippen LogP contribution in [-0.2, 0) is 4.74 Å². The molecule has 0 fully saturated rings. The third-order valence-electron chi connectivity index (χ3n) is 2.42. The van der Waals surface area contributed by atoms with Crippen molar-refractivity contribution >= 4 is 5.97 Å². The van der Waals surface area contributed by atoms with Gasteiger partial charge in [0, 0.05) is 0 Å². The van der Waals surface area contributed by atoms with Crippen molar-refractivity contribution in [2.24, 2.45) is 0 Å². The number of carbonyl (C=O) groups excluding carboxylic acids is 1. The predicted molar refractivity (Wildman–Crippen MR) is 75.9 cm³/mol. The molecule has 0 N–H and O–H groups in total. The molecule has 5 heteroatoms. The van der Waals surface area contributed by atoms with E-state index in [2.05, 4.69) is 0 Å². The van der Waals surface area contributed by atoms with Gasteiger partial charge >= 0.3 is 5.97 Å². The minimum Gasteiger partial charge on any atom is -0.490 e. The minimum absolute atomic E-state index is 0.319. The van der Waals surface area contributed by atoms with Gasteiger partial charge in [0.2, 0.25) is 5.75 Å². The third kappa shape index (κ3) is 4.05. The number of rotatable bonds is 8. The van der Waals surface area contributed by atoms with Crippen molar-refractivity contribution in [3.05, 3.63) is 17.7 Å². The van der Waals surface area contributed by atoms with E-state index in [1.807, 2.05) is 20.8 Å². The van der Waals surface area contributed by atoms with Crippen LogP contribution in [0.4, 0.5) is 0 Å². The molecule has 1 rings (SSSR count). The molecule has 5 nitrogen and oxygen atoms in total. The molecule has 1 aromatic rings. The van der Waals surface area contributed by atoms with Crippen LogP contribution in [0.1, 0.15) is 38.1 Å². The van der Waals surface area contributed by atoms with Gasteiger partial charge in [-0.2, -0.15) is 0 Å². The Morgan fingerprint density at radius 3 is 1.75 bits per heavy atom. The van der Waals surface area contributed by atoms with Crippen molar-refractivity contribution < 1.29 is 23.7 Å². The topological polar surface area (TPSA) is 54.0 Å². The van der Waals surface area contributed by atoms with Gasteiger partial charge in [-0.05, 0) is 39.8 Å². The summed E-state index contributed by atoms with van der Waals surface area (Å²) in [5.74, 6) is 1.09. The van der Waals surface area contributed by atoms with Crippen LogP contribution in [0.5, 0.6) is 17.2 Å². The molecule has 0 aliphatic rings. The molecule has 0 saturated carbocycles. The zero-order valence-electron chi connectivity index (χ0n) is 12.5. The van der Waals surface area contributed by atoms with Crippen molar-refractivity contribution in [3.8, 4) is 17.2 Å². The molecule has 0 aliphatic heterocycles. The summed E-state index contributed by atoms with van der Waals surface area (Å²) in [6.45, 7) is 9.12. The van der Waals surface area contributed by atoms with Crippen molar-refractivity contribution in [3.63, 3.8) is 0 Å². The molecule has 0 spiro atoms. The molecule has 0 radical (unpaired) electrons. The van der Waals surface area contributed by atoms with Crippen molar-refractivity contribution in [1.29, 1.82) is 0 Å².